The molecule has 1 saturated heterocycles. The number of esters is 3. The normalized spacial score (nSPS) is 19.7. The molecule has 232 valence electrons. The number of rotatable bonds is 10. The standard InChI is InChI=1S/C34H30O10S/c1-23-17-19-27(20-18-23)45(38,39)41-22-28-30(43-33(36)25-13-7-3-8-14-25)31(44-34(37)26-15-9-4-10-16-26)29(21-40-28)42-32(35)24-11-5-2-6-12-24/h2-20,28-31H,21-22H2,1H3/t28-,29+,30-,31+/m0/s1. The highest BCUT2D eigenvalue weighted by atomic mass is 32.2. The Labute approximate surface area is 260 Å². The van der Waals surface area contributed by atoms with Crippen molar-refractivity contribution in [2.24, 2.45) is 0 Å². The SMILES string of the molecule is Cc1ccc(S(=O)(=O)OC[C@@H]2OC[C@@H](OC(=O)c3ccccc3)[C@@H](OC(=O)c3ccccc3)[C@H]2OC(=O)c2ccccc2)cc1. The van der Waals surface area contributed by atoms with Gasteiger partial charge in [0.25, 0.3) is 10.1 Å². The highest BCUT2D eigenvalue weighted by molar-refractivity contribution is 7.86. The first kappa shape index (κ1) is 31.6. The fraction of sp³-hybridized carbons (Fsp3) is 0.206. The molecule has 1 fully saturated rings. The number of benzene rings is 4. The number of carbonyl (C=O) groups excluding carboxylic acids is 3. The third-order valence-corrected chi connectivity index (χ3v) is 8.30. The van der Waals surface area contributed by atoms with Crippen molar-refractivity contribution in [2.45, 2.75) is 36.2 Å². The van der Waals surface area contributed by atoms with Crippen LogP contribution in [0.4, 0.5) is 0 Å². The molecule has 45 heavy (non-hydrogen) atoms. The molecule has 0 saturated carbocycles. The molecule has 0 radical (unpaired) electrons. The molecule has 1 aliphatic rings. The van der Waals surface area contributed by atoms with Crippen molar-refractivity contribution in [3.8, 4) is 0 Å². The van der Waals surface area contributed by atoms with Gasteiger partial charge in [-0.05, 0) is 55.5 Å². The Hall–Kier alpha value is -4.84. The number of ether oxygens (including phenoxy) is 4. The molecule has 4 aromatic carbocycles. The summed E-state index contributed by atoms with van der Waals surface area (Å²) in [5.41, 5.74) is 1.47. The van der Waals surface area contributed by atoms with Crippen LogP contribution in [0, 0.1) is 6.92 Å². The van der Waals surface area contributed by atoms with Gasteiger partial charge >= 0.3 is 17.9 Å². The van der Waals surface area contributed by atoms with Crippen LogP contribution >= 0.6 is 0 Å². The van der Waals surface area contributed by atoms with Crippen molar-refractivity contribution in [1.82, 2.24) is 0 Å². The van der Waals surface area contributed by atoms with E-state index < -0.39 is 59.0 Å². The van der Waals surface area contributed by atoms with Crippen molar-refractivity contribution in [1.29, 1.82) is 0 Å². The van der Waals surface area contributed by atoms with Crippen molar-refractivity contribution in [3.63, 3.8) is 0 Å². The zero-order valence-corrected chi connectivity index (χ0v) is 25.0. The van der Waals surface area contributed by atoms with Crippen molar-refractivity contribution < 1.29 is 45.9 Å². The molecular weight excluding hydrogens is 600 g/mol. The van der Waals surface area contributed by atoms with Gasteiger partial charge in [-0.25, -0.2) is 14.4 Å². The molecule has 4 atom stereocenters. The van der Waals surface area contributed by atoms with Crippen molar-refractivity contribution in [3.05, 3.63) is 138 Å². The van der Waals surface area contributed by atoms with E-state index in [1.165, 1.54) is 36.4 Å². The van der Waals surface area contributed by atoms with Crippen LogP contribution in [0.1, 0.15) is 36.6 Å². The molecule has 0 spiro atoms. The summed E-state index contributed by atoms with van der Waals surface area (Å²) in [7, 11) is -4.25. The van der Waals surface area contributed by atoms with E-state index in [0.717, 1.165) is 5.56 Å². The molecule has 0 N–H and O–H groups in total. The lowest BCUT2D eigenvalue weighted by molar-refractivity contribution is -0.195. The van der Waals surface area contributed by atoms with Crippen LogP contribution in [-0.4, -0.2) is 64.0 Å². The summed E-state index contributed by atoms with van der Waals surface area (Å²) < 4.78 is 54.7. The summed E-state index contributed by atoms with van der Waals surface area (Å²) in [4.78, 5) is 39.5. The number of carbonyl (C=O) groups is 3. The monoisotopic (exact) mass is 630 g/mol. The third-order valence-electron chi connectivity index (χ3n) is 7.00. The van der Waals surface area contributed by atoms with Crippen LogP contribution in [0.25, 0.3) is 0 Å². The average Bonchev–Trinajstić information content (AvgIpc) is 3.07. The minimum absolute atomic E-state index is 0.0801. The van der Waals surface area contributed by atoms with Gasteiger partial charge in [0, 0.05) is 0 Å². The summed E-state index contributed by atoms with van der Waals surface area (Å²) in [5, 5.41) is 0. The fourth-order valence-electron chi connectivity index (χ4n) is 4.60. The minimum Gasteiger partial charge on any atom is -0.452 e. The molecule has 4 aromatic rings. The van der Waals surface area contributed by atoms with Crippen molar-refractivity contribution >= 4 is 28.0 Å². The van der Waals surface area contributed by atoms with E-state index in [1.807, 2.05) is 6.92 Å². The Bertz CT molecular complexity index is 1710. The topological polar surface area (TPSA) is 132 Å². The molecule has 0 bridgehead atoms. The molecular formula is C34H30O10S. The van der Waals surface area contributed by atoms with E-state index in [9.17, 15) is 22.8 Å². The van der Waals surface area contributed by atoms with Gasteiger partial charge in [0.2, 0.25) is 0 Å². The summed E-state index contributed by atoms with van der Waals surface area (Å²) >= 11 is 0. The molecule has 1 aliphatic heterocycles. The average molecular weight is 631 g/mol. The van der Waals surface area contributed by atoms with E-state index in [0.29, 0.717) is 0 Å². The maximum Gasteiger partial charge on any atom is 0.338 e. The Morgan fingerprint density at radius 2 is 1.09 bits per heavy atom. The van der Waals surface area contributed by atoms with Crippen LogP contribution in [-0.2, 0) is 33.2 Å². The second-order valence-corrected chi connectivity index (χ2v) is 11.8. The number of hydrogen-bond donors (Lipinski definition) is 0. The fourth-order valence-corrected chi connectivity index (χ4v) is 5.52. The molecule has 11 heteroatoms. The summed E-state index contributed by atoms with van der Waals surface area (Å²) in [6.07, 6.45) is -5.31. The first-order valence-corrected chi connectivity index (χ1v) is 15.5. The number of aryl methyl sites for hydroxylation is 1. The second-order valence-electron chi connectivity index (χ2n) is 10.2. The zero-order chi connectivity index (χ0) is 31.8. The van der Waals surface area contributed by atoms with E-state index in [1.54, 1.807) is 78.9 Å². The van der Waals surface area contributed by atoms with Gasteiger partial charge in [0.05, 0.1) is 34.8 Å². The van der Waals surface area contributed by atoms with Crippen LogP contribution in [0.3, 0.4) is 0 Å². The summed E-state index contributed by atoms with van der Waals surface area (Å²) in [6.45, 7) is 0.904. The zero-order valence-electron chi connectivity index (χ0n) is 24.2. The maximum absolute atomic E-state index is 13.3. The lowest BCUT2D eigenvalue weighted by Gasteiger charge is -2.40. The third kappa shape index (κ3) is 8.01. The molecule has 5 rings (SSSR count). The molecule has 0 aromatic heterocycles. The minimum atomic E-state index is -4.25. The predicted molar refractivity (Wildman–Crippen MR) is 161 cm³/mol. The van der Waals surface area contributed by atoms with E-state index in [-0.39, 0.29) is 28.2 Å². The van der Waals surface area contributed by atoms with Crippen LogP contribution in [0.5, 0.6) is 0 Å². The smallest absolute Gasteiger partial charge is 0.338 e. The highest BCUT2D eigenvalue weighted by Crippen LogP contribution is 2.28. The van der Waals surface area contributed by atoms with Gasteiger partial charge in [-0.1, -0.05) is 72.3 Å². The summed E-state index contributed by atoms with van der Waals surface area (Å²) in [6, 6.07) is 30.4. The van der Waals surface area contributed by atoms with Gasteiger partial charge in [-0.3, -0.25) is 4.18 Å². The molecule has 0 amide bonds. The van der Waals surface area contributed by atoms with Gasteiger partial charge in [0.15, 0.2) is 18.3 Å². The predicted octanol–water partition coefficient (Wildman–Crippen LogP) is 4.78. The maximum atomic E-state index is 13.3. The summed E-state index contributed by atoms with van der Waals surface area (Å²) in [5.74, 6) is -2.31. The lowest BCUT2D eigenvalue weighted by Crippen LogP contribution is -2.59. The quantitative estimate of drug-likeness (QED) is 0.137. The largest absolute Gasteiger partial charge is 0.452 e. The van der Waals surface area contributed by atoms with Gasteiger partial charge < -0.3 is 18.9 Å². The first-order valence-electron chi connectivity index (χ1n) is 14.1. The van der Waals surface area contributed by atoms with Gasteiger partial charge in [0.1, 0.15) is 6.10 Å². The molecule has 10 nitrogen and oxygen atoms in total. The molecule has 0 unspecified atom stereocenters. The molecule has 1 heterocycles. The van der Waals surface area contributed by atoms with Crippen LogP contribution in [0.2, 0.25) is 0 Å². The Morgan fingerprint density at radius 1 is 0.644 bits per heavy atom. The van der Waals surface area contributed by atoms with Crippen molar-refractivity contribution in [2.75, 3.05) is 13.2 Å². The Balaban J connectivity index is 1.46. The first-order chi connectivity index (χ1) is 21.7. The van der Waals surface area contributed by atoms with E-state index in [4.69, 9.17) is 23.1 Å². The van der Waals surface area contributed by atoms with Gasteiger partial charge in [-0.15, -0.1) is 0 Å². The molecule has 0 aliphatic carbocycles. The highest BCUT2D eigenvalue weighted by Gasteiger charge is 2.48. The Kier molecular flexibility index (Phi) is 10.0. The number of hydrogen-bond acceptors (Lipinski definition) is 10. The Morgan fingerprint density at radius 3 is 1.58 bits per heavy atom. The lowest BCUT2D eigenvalue weighted by atomic mass is 9.99. The van der Waals surface area contributed by atoms with E-state index >= 15 is 0 Å². The van der Waals surface area contributed by atoms with Gasteiger partial charge in [-0.2, -0.15) is 8.42 Å². The second kappa shape index (κ2) is 14.3. The van der Waals surface area contributed by atoms with E-state index in [2.05, 4.69) is 0 Å². The van der Waals surface area contributed by atoms with Crippen LogP contribution < -0.4 is 0 Å². The van der Waals surface area contributed by atoms with Crippen LogP contribution in [0.15, 0.2) is 120 Å².